The molecular formula is C10H18NO2. The predicted molar refractivity (Wildman–Crippen MR) is 51.1 cm³/mol. The highest BCUT2D eigenvalue weighted by Crippen LogP contribution is 2.20. The second kappa shape index (κ2) is 5.84. The number of nitrogens with one attached hydrogen (secondary N) is 1. The third-order valence-electron chi connectivity index (χ3n) is 2.23. The average molecular weight is 184 g/mol. The number of hydrogen-bond donors (Lipinski definition) is 1. The van der Waals surface area contributed by atoms with Crippen molar-refractivity contribution in [1.29, 1.82) is 0 Å². The van der Waals surface area contributed by atoms with Gasteiger partial charge in [0.25, 0.3) is 0 Å². The van der Waals surface area contributed by atoms with Gasteiger partial charge in [0, 0.05) is 0 Å². The van der Waals surface area contributed by atoms with Gasteiger partial charge in [-0.25, -0.2) is 4.79 Å². The molecule has 1 N–H and O–H groups in total. The number of alkyl carbamates (subject to hydrolysis) is 1. The van der Waals surface area contributed by atoms with Crippen molar-refractivity contribution in [2.24, 2.45) is 0 Å². The zero-order valence-corrected chi connectivity index (χ0v) is 8.21. The Morgan fingerprint density at radius 2 is 2.23 bits per heavy atom. The van der Waals surface area contributed by atoms with Crippen LogP contribution in [0.1, 0.15) is 45.4 Å². The second-order valence-corrected chi connectivity index (χ2v) is 3.45. The minimum absolute atomic E-state index is 0.162. The van der Waals surface area contributed by atoms with E-state index in [1.807, 2.05) is 0 Å². The van der Waals surface area contributed by atoms with Crippen LogP contribution in [0, 0.1) is 6.54 Å². The summed E-state index contributed by atoms with van der Waals surface area (Å²) in [5.41, 5.74) is 0. The van der Waals surface area contributed by atoms with E-state index in [-0.39, 0.29) is 12.2 Å². The summed E-state index contributed by atoms with van der Waals surface area (Å²) >= 11 is 0. The number of hydrogen-bond acceptors (Lipinski definition) is 2. The van der Waals surface area contributed by atoms with E-state index in [2.05, 4.69) is 12.2 Å². The number of carbonyl (C=O) groups is 1. The summed E-state index contributed by atoms with van der Waals surface area (Å²) in [5, 5.41) is 2.62. The standard InChI is InChI=1S/C10H18NO2/c1-2-3-8-11-10(12)13-9-6-4-5-7-9/h8-9H,2-7H2,1H3,(H,11,12). The minimum Gasteiger partial charge on any atom is -0.446 e. The van der Waals surface area contributed by atoms with Crippen LogP contribution in [0.25, 0.3) is 0 Å². The molecular weight excluding hydrogens is 166 g/mol. The SMILES string of the molecule is CCC[CH]NC(=O)OC1CCCC1. The molecule has 0 saturated heterocycles. The maximum absolute atomic E-state index is 11.1. The topological polar surface area (TPSA) is 38.3 Å². The Labute approximate surface area is 79.8 Å². The molecule has 0 bridgehead atoms. The summed E-state index contributed by atoms with van der Waals surface area (Å²) in [6.45, 7) is 3.83. The van der Waals surface area contributed by atoms with Gasteiger partial charge in [-0.05, 0) is 32.1 Å². The Kier molecular flexibility index (Phi) is 4.65. The number of amides is 1. The smallest absolute Gasteiger partial charge is 0.407 e. The number of carbonyl (C=O) groups excluding carboxylic acids is 1. The van der Waals surface area contributed by atoms with E-state index in [0.29, 0.717) is 0 Å². The lowest BCUT2D eigenvalue weighted by molar-refractivity contribution is 0.103. The summed E-state index contributed by atoms with van der Waals surface area (Å²) in [4.78, 5) is 11.1. The summed E-state index contributed by atoms with van der Waals surface area (Å²) < 4.78 is 5.18. The zero-order chi connectivity index (χ0) is 9.52. The molecule has 3 nitrogen and oxygen atoms in total. The van der Waals surface area contributed by atoms with Crippen LogP contribution in [-0.2, 0) is 4.74 Å². The quantitative estimate of drug-likeness (QED) is 0.682. The van der Waals surface area contributed by atoms with Gasteiger partial charge in [0.05, 0.1) is 6.54 Å². The first-order valence-corrected chi connectivity index (χ1v) is 5.11. The van der Waals surface area contributed by atoms with Crippen LogP contribution < -0.4 is 5.32 Å². The van der Waals surface area contributed by atoms with Crippen molar-refractivity contribution in [1.82, 2.24) is 5.32 Å². The van der Waals surface area contributed by atoms with Gasteiger partial charge < -0.3 is 10.1 Å². The minimum atomic E-state index is -0.291. The lowest BCUT2D eigenvalue weighted by Crippen LogP contribution is -2.25. The van der Waals surface area contributed by atoms with Crippen LogP contribution in [-0.4, -0.2) is 12.2 Å². The Morgan fingerprint density at radius 3 is 2.85 bits per heavy atom. The van der Waals surface area contributed by atoms with E-state index < -0.39 is 0 Å². The molecule has 0 aromatic rings. The van der Waals surface area contributed by atoms with Crippen LogP contribution in [0.3, 0.4) is 0 Å². The summed E-state index contributed by atoms with van der Waals surface area (Å²) in [6.07, 6.45) is 6.26. The van der Waals surface area contributed by atoms with Gasteiger partial charge in [0.2, 0.25) is 0 Å². The van der Waals surface area contributed by atoms with Crippen LogP contribution in [0.4, 0.5) is 4.79 Å². The van der Waals surface area contributed by atoms with Crippen molar-refractivity contribution in [2.45, 2.75) is 51.6 Å². The third kappa shape index (κ3) is 4.15. The van der Waals surface area contributed by atoms with E-state index in [9.17, 15) is 4.79 Å². The van der Waals surface area contributed by atoms with Crippen molar-refractivity contribution in [3.05, 3.63) is 6.54 Å². The van der Waals surface area contributed by atoms with Gasteiger partial charge in [0.15, 0.2) is 0 Å². The fourth-order valence-corrected chi connectivity index (χ4v) is 1.49. The van der Waals surface area contributed by atoms with Gasteiger partial charge in [-0.1, -0.05) is 13.3 Å². The summed E-state index contributed by atoms with van der Waals surface area (Å²) in [5.74, 6) is 0. The molecule has 0 heterocycles. The average Bonchev–Trinajstić information content (AvgIpc) is 2.57. The molecule has 1 rings (SSSR count). The molecule has 0 atom stereocenters. The van der Waals surface area contributed by atoms with Gasteiger partial charge in [-0.3, -0.25) is 0 Å². The Bertz CT molecular complexity index is 153. The lowest BCUT2D eigenvalue weighted by atomic mass is 10.3. The van der Waals surface area contributed by atoms with E-state index >= 15 is 0 Å². The maximum Gasteiger partial charge on any atom is 0.407 e. The molecule has 3 heteroatoms. The van der Waals surface area contributed by atoms with Crippen LogP contribution in [0.5, 0.6) is 0 Å². The molecule has 1 amide bonds. The molecule has 1 fully saturated rings. The largest absolute Gasteiger partial charge is 0.446 e. The molecule has 0 aliphatic heterocycles. The van der Waals surface area contributed by atoms with Gasteiger partial charge in [-0.2, -0.15) is 0 Å². The number of unbranched alkanes of at least 4 members (excludes halogenated alkanes) is 1. The first-order chi connectivity index (χ1) is 6.33. The van der Waals surface area contributed by atoms with E-state index in [1.165, 1.54) is 12.8 Å². The molecule has 13 heavy (non-hydrogen) atoms. The monoisotopic (exact) mass is 184 g/mol. The molecule has 1 aliphatic rings. The van der Waals surface area contributed by atoms with Crippen molar-refractivity contribution < 1.29 is 9.53 Å². The van der Waals surface area contributed by atoms with Gasteiger partial charge in [0.1, 0.15) is 6.10 Å². The molecule has 75 valence electrons. The van der Waals surface area contributed by atoms with E-state index in [1.54, 1.807) is 6.54 Å². The molecule has 0 spiro atoms. The highest BCUT2D eigenvalue weighted by Gasteiger charge is 2.18. The highest BCUT2D eigenvalue weighted by atomic mass is 16.6. The predicted octanol–water partition coefficient (Wildman–Crippen LogP) is 2.62. The van der Waals surface area contributed by atoms with E-state index in [4.69, 9.17) is 4.74 Å². The first kappa shape index (κ1) is 10.4. The number of ether oxygens (including phenoxy) is 1. The van der Waals surface area contributed by atoms with Gasteiger partial charge >= 0.3 is 6.09 Å². The van der Waals surface area contributed by atoms with Crippen molar-refractivity contribution in [3.63, 3.8) is 0 Å². The highest BCUT2D eigenvalue weighted by molar-refractivity contribution is 5.68. The molecule has 0 unspecified atom stereocenters. The van der Waals surface area contributed by atoms with Crippen LogP contribution in [0.2, 0.25) is 0 Å². The van der Waals surface area contributed by atoms with Crippen molar-refractivity contribution in [2.75, 3.05) is 0 Å². The normalized spacial score (nSPS) is 17.3. The number of rotatable bonds is 4. The van der Waals surface area contributed by atoms with E-state index in [0.717, 1.165) is 25.7 Å². The summed E-state index contributed by atoms with van der Waals surface area (Å²) in [7, 11) is 0. The lowest BCUT2D eigenvalue weighted by Gasteiger charge is -2.11. The van der Waals surface area contributed by atoms with Crippen molar-refractivity contribution >= 4 is 6.09 Å². The second-order valence-electron chi connectivity index (χ2n) is 3.45. The molecule has 1 aliphatic carbocycles. The fourth-order valence-electron chi connectivity index (χ4n) is 1.49. The molecule has 1 radical (unpaired) electrons. The molecule has 0 aromatic heterocycles. The van der Waals surface area contributed by atoms with Crippen LogP contribution in [0.15, 0.2) is 0 Å². The Hall–Kier alpha value is -0.730. The van der Waals surface area contributed by atoms with Gasteiger partial charge in [-0.15, -0.1) is 0 Å². The maximum atomic E-state index is 11.1. The molecule has 0 aromatic carbocycles. The third-order valence-corrected chi connectivity index (χ3v) is 2.23. The van der Waals surface area contributed by atoms with Crippen LogP contribution >= 0.6 is 0 Å². The zero-order valence-electron chi connectivity index (χ0n) is 8.21. The molecule has 1 saturated carbocycles. The summed E-state index contributed by atoms with van der Waals surface area (Å²) in [6, 6.07) is 0. The Morgan fingerprint density at radius 1 is 1.54 bits per heavy atom. The Balaban J connectivity index is 2.02. The van der Waals surface area contributed by atoms with Crippen molar-refractivity contribution in [3.8, 4) is 0 Å². The fraction of sp³-hybridized carbons (Fsp3) is 0.800. The first-order valence-electron chi connectivity index (χ1n) is 5.11.